The Kier molecular flexibility index (Phi) is 4.75. The predicted molar refractivity (Wildman–Crippen MR) is 76.0 cm³/mol. The molecule has 1 heterocycles. The van der Waals surface area contributed by atoms with E-state index in [0.717, 1.165) is 23.2 Å². The first-order valence-electron chi connectivity index (χ1n) is 6.90. The Bertz CT molecular complexity index is 394. The van der Waals surface area contributed by atoms with Crippen molar-refractivity contribution in [3.8, 4) is 0 Å². The van der Waals surface area contributed by atoms with Gasteiger partial charge >= 0.3 is 0 Å². The van der Waals surface area contributed by atoms with Crippen LogP contribution in [0.2, 0.25) is 0 Å². The third kappa shape index (κ3) is 3.80. The molecule has 1 aliphatic rings. The van der Waals surface area contributed by atoms with E-state index in [1.807, 2.05) is 5.38 Å². The maximum absolute atomic E-state index is 11.8. The Hall–Kier alpha value is -0.900. The predicted octanol–water partition coefficient (Wildman–Crippen LogP) is 4.18. The molecule has 1 N–H and O–H groups in total. The van der Waals surface area contributed by atoms with Crippen LogP contribution in [0.15, 0.2) is 5.38 Å². The van der Waals surface area contributed by atoms with Crippen LogP contribution in [0.25, 0.3) is 0 Å². The van der Waals surface area contributed by atoms with Gasteiger partial charge in [0.05, 0.1) is 5.69 Å². The Morgan fingerprint density at radius 2 is 2.22 bits per heavy atom. The van der Waals surface area contributed by atoms with E-state index in [9.17, 15) is 4.79 Å². The number of anilines is 1. The van der Waals surface area contributed by atoms with E-state index < -0.39 is 0 Å². The van der Waals surface area contributed by atoms with Gasteiger partial charge < -0.3 is 5.32 Å². The Balaban J connectivity index is 1.75. The molecule has 0 atom stereocenters. The lowest BCUT2D eigenvalue weighted by Gasteiger charge is -2.07. The number of nitrogens with one attached hydrogen (secondary N) is 1. The van der Waals surface area contributed by atoms with Crippen molar-refractivity contribution >= 4 is 22.4 Å². The van der Waals surface area contributed by atoms with E-state index in [1.165, 1.54) is 37.0 Å². The fraction of sp³-hybridized carbons (Fsp3) is 0.714. The van der Waals surface area contributed by atoms with Gasteiger partial charge in [0.15, 0.2) is 5.13 Å². The summed E-state index contributed by atoms with van der Waals surface area (Å²) < 4.78 is 0. The fourth-order valence-corrected chi connectivity index (χ4v) is 3.31. The second-order valence-corrected chi connectivity index (χ2v) is 6.33. The van der Waals surface area contributed by atoms with Crippen LogP contribution >= 0.6 is 11.3 Å². The molecule has 0 radical (unpaired) electrons. The quantitative estimate of drug-likeness (QED) is 0.869. The first kappa shape index (κ1) is 13.5. The van der Waals surface area contributed by atoms with Crippen LogP contribution in [0.4, 0.5) is 5.13 Å². The summed E-state index contributed by atoms with van der Waals surface area (Å²) in [7, 11) is 0. The smallest absolute Gasteiger partial charge is 0.226 e. The normalized spacial score (nSPS) is 16.4. The molecule has 0 unspecified atom stereocenters. The molecule has 4 heteroatoms. The van der Waals surface area contributed by atoms with Crippen LogP contribution in [0.1, 0.15) is 64.0 Å². The second kappa shape index (κ2) is 6.32. The summed E-state index contributed by atoms with van der Waals surface area (Å²) in [6, 6.07) is 0. The number of amides is 1. The van der Waals surface area contributed by atoms with E-state index in [2.05, 4.69) is 24.1 Å². The number of hydrogen-bond donors (Lipinski definition) is 1. The van der Waals surface area contributed by atoms with Gasteiger partial charge in [-0.15, -0.1) is 11.3 Å². The number of aromatic nitrogens is 1. The van der Waals surface area contributed by atoms with E-state index in [-0.39, 0.29) is 5.91 Å². The van der Waals surface area contributed by atoms with Crippen LogP contribution < -0.4 is 5.32 Å². The highest BCUT2D eigenvalue weighted by Gasteiger charge is 2.16. The van der Waals surface area contributed by atoms with Gasteiger partial charge in [0.25, 0.3) is 0 Å². The Morgan fingerprint density at radius 1 is 1.50 bits per heavy atom. The van der Waals surface area contributed by atoms with Crippen molar-refractivity contribution in [3.63, 3.8) is 0 Å². The van der Waals surface area contributed by atoms with Crippen molar-refractivity contribution in [2.24, 2.45) is 5.92 Å². The molecule has 1 fully saturated rings. The van der Waals surface area contributed by atoms with Crippen molar-refractivity contribution in [1.82, 2.24) is 4.98 Å². The number of nitrogens with zero attached hydrogens (tertiary/aromatic N) is 1. The van der Waals surface area contributed by atoms with Crippen LogP contribution in [-0.2, 0) is 4.79 Å². The topological polar surface area (TPSA) is 42.0 Å². The summed E-state index contributed by atoms with van der Waals surface area (Å²) in [5, 5.41) is 5.68. The number of rotatable bonds is 5. The molecule has 1 aliphatic carbocycles. The largest absolute Gasteiger partial charge is 0.302 e. The van der Waals surface area contributed by atoms with Gasteiger partial charge in [0.1, 0.15) is 0 Å². The van der Waals surface area contributed by atoms with Gasteiger partial charge in [-0.2, -0.15) is 0 Å². The summed E-state index contributed by atoms with van der Waals surface area (Å²) in [6.07, 6.45) is 6.98. The standard InChI is InChI=1S/C14H22N2OS/c1-10(2)12-9-18-14(15-12)16-13(17)8-7-11-5-3-4-6-11/h9-11H,3-8H2,1-2H3,(H,15,16,17). The van der Waals surface area contributed by atoms with Gasteiger partial charge in [0, 0.05) is 11.8 Å². The molecule has 0 spiro atoms. The summed E-state index contributed by atoms with van der Waals surface area (Å²) in [5.74, 6) is 1.32. The molecular weight excluding hydrogens is 244 g/mol. The monoisotopic (exact) mass is 266 g/mol. The number of hydrogen-bond acceptors (Lipinski definition) is 3. The third-order valence-corrected chi connectivity index (χ3v) is 4.39. The second-order valence-electron chi connectivity index (χ2n) is 5.47. The third-order valence-electron chi connectivity index (χ3n) is 3.61. The average molecular weight is 266 g/mol. The van der Waals surface area contributed by atoms with E-state index in [4.69, 9.17) is 0 Å². The molecule has 0 aromatic carbocycles. The minimum atomic E-state index is 0.117. The zero-order valence-corrected chi connectivity index (χ0v) is 12.1. The van der Waals surface area contributed by atoms with Crippen molar-refractivity contribution in [2.75, 3.05) is 5.32 Å². The van der Waals surface area contributed by atoms with E-state index in [1.54, 1.807) is 0 Å². The Morgan fingerprint density at radius 3 is 2.83 bits per heavy atom. The number of carbonyl (C=O) groups excluding carboxylic acids is 1. The Labute approximate surface area is 113 Å². The zero-order chi connectivity index (χ0) is 13.0. The molecule has 0 saturated heterocycles. The first-order valence-corrected chi connectivity index (χ1v) is 7.78. The van der Waals surface area contributed by atoms with Gasteiger partial charge in [-0.3, -0.25) is 4.79 Å². The molecule has 1 amide bonds. The minimum absolute atomic E-state index is 0.117. The average Bonchev–Trinajstić information content (AvgIpc) is 2.96. The zero-order valence-electron chi connectivity index (χ0n) is 11.2. The lowest BCUT2D eigenvalue weighted by atomic mass is 10.0. The minimum Gasteiger partial charge on any atom is -0.302 e. The maximum atomic E-state index is 11.8. The molecule has 100 valence electrons. The molecule has 0 aliphatic heterocycles. The van der Waals surface area contributed by atoms with Crippen molar-refractivity contribution < 1.29 is 4.79 Å². The molecular formula is C14H22N2OS. The summed E-state index contributed by atoms with van der Waals surface area (Å²) in [5.41, 5.74) is 1.06. The van der Waals surface area contributed by atoms with E-state index in [0.29, 0.717) is 12.3 Å². The van der Waals surface area contributed by atoms with Crippen molar-refractivity contribution in [3.05, 3.63) is 11.1 Å². The van der Waals surface area contributed by atoms with Crippen molar-refractivity contribution in [2.45, 2.75) is 58.3 Å². The fourth-order valence-electron chi connectivity index (χ4n) is 2.42. The maximum Gasteiger partial charge on any atom is 0.226 e. The lowest BCUT2D eigenvalue weighted by Crippen LogP contribution is -2.12. The number of thiazole rings is 1. The summed E-state index contributed by atoms with van der Waals surface area (Å²) >= 11 is 1.52. The van der Waals surface area contributed by atoms with Gasteiger partial charge in [-0.05, 0) is 18.3 Å². The lowest BCUT2D eigenvalue weighted by molar-refractivity contribution is -0.116. The summed E-state index contributed by atoms with van der Waals surface area (Å²) in [6.45, 7) is 4.22. The molecule has 0 bridgehead atoms. The van der Waals surface area contributed by atoms with Crippen LogP contribution in [0.3, 0.4) is 0 Å². The highest BCUT2D eigenvalue weighted by atomic mass is 32.1. The van der Waals surface area contributed by atoms with Gasteiger partial charge in [0.2, 0.25) is 5.91 Å². The van der Waals surface area contributed by atoms with Crippen LogP contribution in [0, 0.1) is 5.92 Å². The molecule has 18 heavy (non-hydrogen) atoms. The SMILES string of the molecule is CC(C)c1csc(NC(=O)CCC2CCCC2)n1. The van der Waals surface area contributed by atoms with Crippen molar-refractivity contribution in [1.29, 1.82) is 0 Å². The number of carbonyl (C=O) groups is 1. The first-order chi connectivity index (χ1) is 8.65. The highest BCUT2D eigenvalue weighted by molar-refractivity contribution is 7.13. The molecule has 1 aromatic rings. The van der Waals surface area contributed by atoms with Gasteiger partial charge in [-0.25, -0.2) is 4.98 Å². The molecule has 3 nitrogen and oxygen atoms in total. The van der Waals surface area contributed by atoms with Gasteiger partial charge in [-0.1, -0.05) is 39.5 Å². The highest BCUT2D eigenvalue weighted by Crippen LogP contribution is 2.28. The molecule has 1 saturated carbocycles. The molecule has 1 aromatic heterocycles. The van der Waals surface area contributed by atoms with E-state index >= 15 is 0 Å². The molecule has 2 rings (SSSR count). The summed E-state index contributed by atoms with van der Waals surface area (Å²) in [4.78, 5) is 16.2. The van der Waals surface area contributed by atoms with Crippen LogP contribution in [-0.4, -0.2) is 10.9 Å². The van der Waals surface area contributed by atoms with Crippen LogP contribution in [0.5, 0.6) is 0 Å².